The molecule has 3 rings (SSSR count). The van der Waals surface area contributed by atoms with Gasteiger partial charge < -0.3 is 15.1 Å². The summed E-state index contributed by atoms with van der Waals surface area (Å²) in [6.45, 7) is 3.32. The molecule has 0 aromatic heterocycles. The summed E-state index contributed by atoms with van der Waals surface area (Å²) < 4.78 is 0. The van der Waals surface area contributed by atoms with Crippen LogP contribution >= 0.6 is 0 Å². The van der Waals surface area contributed by atoms with E-state index in [-0.39, 0.29) is 24.3 Å². The Balaban J connectivity index is 1.68. The zero-order valence-corrected chi connectivity index (χ0v) is 14.4. The molecule has 1 aromatic rings. The minimum atomic E-state index is -0.231. The quantitative estimate of drug-likeness (QED) is 0.922. The summed E-state index contributed by atoms with van der Waals surface area (Å²) in [7, 11) is 2.10. The second kappa shape index (κ2) is 7.18. The first-order chi connectivity index (χ1) is 11.6. The molecular weight excluding hydrogens is 302 g/mol. The van der Waals surface area contributed by atoms with Crippen LogP contribution in [0.25, 0.3) is 6.08 Å². The molecule has 1 saturated heterocycles. The Morgan fingerprint density at radius 1 is 1.29 bits per heavy atom. The summed E-state index contributed by atoms with van der Waals surface area (Å²) in [4.78, 5) is 28.4. The van der Waals surface area contributed by atoms with E-state index in [2.05, 4.69) is 17.3 Å². The highest BCUT2D eigenvalue weighted by Gasteiger charge is 2.28. The van der Waals surface area contributed by atoms with Gasteiger partial charge in [-0.2, -0.15) is 0 Å². The van der Waals surface area contributed by atoms with Crippen LogP contribution in [0.2, 0.25) is 0 Å². The minimum absolute atomic E-state index is 0.00310. The molecular formula is C19H25N3O2. The van der Waals surface area contributed by atoms with Crippen molar-refractivity contribution in [2.75, 3.05) is 20.1 Å². The Morgan fingerprint density at radius 2 is 2.08 bits per heavy atom. The number of nitrogens with one attached hydrogen (secondary N) is 1. The Morgan fingerprint density at radius 3 is 2.79 bits per heavy atom. The highest BCUT2D eigenvalue weighted by Crippen LogP contribution is 2.32. The summed E-state index contributed by atoms with van der Waals surface area (Å²) >= 11 is 0. The minimum Gasteiger partial charge on any atom is -0.354 e. The molecule has 5 nitrogen and oxygen atoms in total. The Bertz CT molecular complexity index is 656. The molecule has 2 heterocycles. The van der Waals surface area contributed by atoms with Gasteiger partial charge in [0.2, 0.25) is 11.8 Å². The van der Waals surface area contributed by atoms with Crippen LogP contribution in [0.3, 0.4) is 0 Å². The molecule has 0 spiro atoms. The van der Waals surface area contributed by atoms with Crippen LogP contribution in [0.5, 0.6) is 0 Å². The van der Waals surface area contributed by atoms with Crippen LogP contribution in [-0.2, 0) is 9.59 Å². The van der Waals surface area contributed by atoms with Gasteiger partial charge in [0, 0.05) is 25.7 Å². The number of rotatable bonds is 4. The maximum Gasteiger partial charge on any atom is 0.223 e. The van der Waals surface area contributed by atoms with E-state index in [1.165, 1.54) is 13.3 Å². The molecule has 2 aliphatic rings. The molecule has 5 heteroatoms. The van der Waals surface area contributed by atoms with E-state index in [0.717, 1.165) is 24.1 Å². The lowest BCUT2D eigenvalue weighted by molar-refractivity contribution is -0.130. The zero-order valence-electron chi connectivity index (χ0n) is 14.4. The summed E-state index contributed by atoms with van der Waals surface area (Å²) in [5, 5.41) is 3.05. The molecule has 1 aromatic carbocycles. The molecule has 0 saturated carbocycles. The van der Waals surface area contributed by atoms with Gasteiger partial charge in [-0.3, -0.25) is 9.59 Å². The van der Waals surface area contributed by atoms with Crippen molar-refractivity contribution >= 4 is 17.9 Å². The molecule has 0 bridgehead atoms. The van der Waals surface area contributed by atoms with E-state index in [0.29, 0.717) is 12.6 Å². The molecule has 2 amide bonds. The topological polar surface area (TPSA) is 52.7 Å². The van der Waals surface area contributed by atoms with Gasteiger partial charge in [-0.05, 0) is 43.6 Å². The van der Waals surface area contributed by atoms with Crippen LogP contribution < -0.4 is 5.32 Å². The summed E-state index contributed by atoms with van der Waals surface area (Å²) in [6, 6.07) is 8.13. The number of hydrogen-bond donors (Lipinski definition) is 1. The number of carbonyl (C=O) groups is 2. The van der Waals surface area contributed by atoms with Crippen LogP contribution in [0.4, 0.5) is 0 Å². The van der Waals surface area contributed by atoms with Gasteiger partial charge >= 0.3 is 0 Å². The average molecular weight is 327 g/mol. The first-order valence-corrected chi connectivity index (χ1v) is 8.59. The van der Waals surface area contributed by atoms with E-state index >= 15 is 0 Å². The fourth-order valence-electron chi connectivity index (χ4n) is 3.63. The zero-order chi connectivity index (χ0) is 17.1. The maximum absolute atomic E-state index is 12.5. The molecule has 0 unspecified atom stereocenters. The van der Waals surface area contributed by atoms with Crippen LogP contribution in [0, 0.1) is 0 Å². The average Bonchev–Trinajstić information content (AvgIpc) is 2.98. The highest BCUT2D eigenvalue weighted by molar-refractivity contribution is 5.81. The predicted molar refractivity (Wildman–Crippen MR) is 94.0 cm³/mol. The lowest BCUT2D eigenvalue weighted by atomic mass is 9.93. The van der Waals surface area contributed by atoms with E-state index in [1.807, 2.05) is 30.3 Å². The molecule has 1 N–H and O–H groups in total. The van der Waals surface area contributed by atoms with Crippen molar-refractivity contribution in [1.82, 2.24) is 15.1 Å². The van der Waals surface area contributed by atoms with Crippen molar-refractivity contribution in [2.45, 2.75) is 38.3 Å². The maximum atomic E-state index is 12.5. The monoisotopic (exact) mass is 327 g/mol. The van der Waals surface area contributed by atoms with Crippen molar-refractivity contribution in [3.63, 3.8) is 0 Å². The predicted octanol–water partition coefficient (Wildman–Crippen LogP) is 2.16. The summed E-state index contributed by atoms with van der Waals surface area (Å²) in [6.07, 6.45) is 6.32. The Hall–Kier alpha value is -2.14. The second-order valence-electron chi connectivity index (χ2n) is 6.67. The fourth-order valence-corrected chi connectivity index (χ4v) is 3.63. The van der Waals surface area contributed by atoms with Crippen molar-refractivity contribution in [2.24, 2.45) is 0 Å². The van der Waals surface area contributed by atoms with E-state index in [4.69, 9.17) is 0 Å². The number of fused-ring (bicyclic) bond motifs is 1. The van der Waals surface area contributed by atoms with Gasteiger partial charge in [0.1, 0.15) is 0 Å². The molecule has 0 radical (unpaired) electrons. The first-order valence-electron chi connectivity index (χ1n) is 8.59. The van der Waals surface area contributed by atoms with Gasteiger partial charge in [0.05, 0.1) is 12.5 Å². The van der Waals surface area contributed by atoms with Crippen molar-refractivity contribution in [3.05, 3.63) is 41.6 Å². The van der Waals surface area contributed by atoms with Gasteiger partial charge in [0.25, 0.3) is 0 Å². The lowest BCUT2D eigenvalue weighted by Gasteiger charge is -2.32. The molecule has 2 atom stereocenters. The number of amides is 2. The molecule has 0 aliphatic carbocycles. The van der Waals surface area contributed by atoms with Gasteiger partial charge in [-0.25, -0.2) is 0 Å². The number of benzene rings is 1. The number of likely N-dealkylation sites (tertiary alicyclic amines) is 1. The highest BCUT2D eigenvalue weighted by atomic mass is 16.2. The van der Waals surface area contributed by atoms with Gasteiger partial charge in [-0.1, -0.05) is 24.3 Å². The standard InChI is InChI=1S/C19H25N3O2/c1-14(23)22-11-9-15-6-3-4-8-17(15)18(22)12-19(24)20-13-16-7-5-10-21(16)2/h3-4,6,8-9,11,16,18H,5,7,10,12-13H2,1-2H3,(H,20,24)/t16-,18-/m0/s1. The van der Waals surface area contributed by atoms with Crippen LogP contribution in [0.1, 0.15) is 43.4 Å². The summed E-state index contributed by atoms with van der Waals surface area (Å²) in [5.41, 5.74) is 2.10. The number of carbonyl (C=O) groups excluding carboxylic acids is 2. The van der Waals surface area contributed by atoms with E-state index in [1.54, 1.807) is 11.1 Å². The molecule has 1 fully saturated rings. The Labute approximate surface area is 143 Å². The second-order valence-corrected chi connectivity index (χ2v) is 6.67. The third-order valence-electron chi connectivity index (χ3n) is 5.05. The normalized spacial score (nSPS) is 23.2. The van der Waals surface area contributed by atoms with Crippen LogP contribution in [-0.4, -0.2) is 47.8 Å². The third-order valence-corrected chi connectivity index (χ3v) is 5.05. The van der Waals surface area contributed by atoms with Crippen molar-refractivity contribution in [1.29, 1.82) is 0 Å². The largest absolute Gasteiger partial charge is 0.354 e. The molecule has 24 heavy (non-hydrogen) atoms. The van der Waals surface area contributed by atoms with E-state index < -0.39 is 0 Å². The van der Waals surface area contributed by atoms with E-state index in [9.17, 15) is 9.59 Å². The number of likely N-dealkylation sites (N-methyl/N-ethyl adjacent to an activating group) is 1. The first kappa shape index (κ1) is 16.7. The Kier molecular flexibility index (Phi) is 5.00. The number of nitrogens with zero attached hydrogens (tertiary/aromatic N) is 2. The lowest BCUT2D eigenvalue weighted by Crippen LogP contribution is -2.40. The smallest absolute Gasteiger partial charge is 0.223 e. The van der Waals surface area contributed by atoms with Crippen molar-refractivity contribution < 1.29 is 9.59 Å². The van der Waals surface area contributed by atoms with Gasteiger partial charge in [-0.15, -0.1) is 0 Å². The SMILES string of the molecule is CC(=O)N1C=Cc2ccccc2[C@@H]1CC(=O)NC[C@@H]1CCCN1C. The molecule has 2 aliphatic heterocycles. The summed E-state index contributed by atoms with van der Waals surface area (Å²) in [5.74, 6) is -0.0502. The third kappa shape index (κ3) is 3.51. The van der Waals surface area contributed by atoms with Crippen molar-refractivity contribution in [3.8, 4) is 0 Å². The number of hydrogen-bond acceptors (Lipinski definition) is 3. The van der Waals surface area contributed by atoms with Gasteiger partial charge in [0.15, 0.2) is 0 Å². The molecule has 128 valence electrons. The van der Waals surface area contributed by atoms with Crippen LogP contribution in [0.15, 0.2) is 30.5 Å². The fraction of sp³-hybridized carbons (Fsp3) is 0.474.